The summed E-state index contributed by atoms with van der Waals surface area (Å²) in [6, 6.07) is -1.30. The van der Waals surface area contributed by atoms with Gasteiger partial charge in [-0.15, -0.1) is 11.6 Å². The highest BCUT2D eigenvalue weighted by Gasteiger charge is 2.28. The number of carbonyl (C=O) groups is 3. The Bertz CT molecular complexity index is 272. The van der Waals surface area contributed by atoms with Crippen LogP contribution < -0.4 is 5.73 Å². The first-order chi connectivity index (χ1) is 6.90. The molecule has 8 heteroatoms. The van der Waals surface area contributed by atoms with Crippen molar-refractivity contribution in [1.82, 2.24) is 4.42 Å². The Balaban J connectivity index is 4.45. The van der Waals surface area contributed by atoms with Crippen LogP contribution in [0.3, 0.4) is 0 Å². The molecular weight excluding hydrogens is 247 g/mol. The van der Waals surface area contributed by atoms with E-state index >= 15 is 0 Å². The number of hydrogen-bond donors (Lipinski definition) is 2. The highest BCUT2D eigenvalue weighted by Crippen LogP contribution is 2.11. The molecule has 3 N–H and O–H groups in total. The first-order valence-electron chi connectivity index (χ1n) is 3.95. The van der Waals surface area contributed by atoms with E-state index in [1.807, 2.05) is 0 Å². The van der Waals surface area contributed by atoms with E-state index in [2.05, 4.69) is 0 Å². The average Bonchev–Trinajstić information content (AvgIpc) is 2.15. The van der Waals surface area contributed by atoms with Crippen LogP contribution in [0.5, 0.6) is 0 Å². The van der Waals surface area contributed by atoms with Gasteiger partial charge in [-0.3, -0.25) is 9.59 Å². The lowest BCUT2D eigenvalue weighted by atomic mass is 10.1. The van der Waals surface area contributed by atoms with E-state index in [1.165, 1.54) is 0 Å². The number of carboxylic acids is 1. The number of rotatable bonds is 6. The molecule has 0 saturated heterocycles. The summed E-state index contributed by atoms with van der Waals surface area (Å²) in [5.74, 6) is -3.14. The molecule has 0 saturated carbocycles. The molecule has 86 valence electrons. The van der Waals surface area contributed by atoms with Crippen molar-refractivity contribution in [3.05, 3.63) is 0 Å². The fraction of sp³-hybridized carbons (Fsp3) is 0.571. The summed E-state index contributed by atoms with van der Waals surface area (Å²) in [5.41, 5.74) is 4.85. The van der Waals surface area contributed by atoms with Gasteiger partial charge in [-0.2, -0.15) is 0 Å². The molecule has 1 atom stereocenters. The number of carbonyl (C=O) groups excluding carboxylic acids is 2. The van der Waals surface area contributed by atoms with E-state index < -0.39 is 29.7 Å². The molecule has 0 aliphatic rings. The minimum atomic E-state index is -1.32. The van der Waals surface area contributed by atoms with Crippen molar-refractivity contribution in [1.29, 1.82) is 0 Å². The maximum Gasteiger partial charge on any atom is 0.327 e. The van der Waals surface area contributed by atoms with Gasteiger partial charge in [0.2, 0.25) is 5.91 Å². The predicted molar refractivity (Wildman–Crippen MR) is 53.3 cm³/mol. The second kappa shape index (κ2) is 6.47. The Morgan fingerprint density at radius 3 is 2.27 bits per heavy atom. The summed E-state index contributed by atoms with van der Waals surface area (Å²) in [7, 11) is 0. The zero-order valence-electron chi connectivity index (χ0n) is 7.65. The molecular formula is C7H10Cl2N2O4. The Morgan fingerprint density at radius 2 is 1.93 bits per heavy atom. The van der Waals surface area contributed by atoms with Crippen LogP contribution in [0.15, 0.2) is 0 Å². The van der Waals surface area contributed by atoms with Crippen molar-refractivity contribution < 1.29 is 19.5 Å². The first-order valence-corrected chi connectivity index (χ1v) is 4.82. The van der Waals surface area contributed by atoms with Crippen LogP contribution in [0.4, 0.5) is 0 Å². The van der Waals surface area contributed by atoms with Crippen molar-refractivity contribution in [2.24, 2.45) is 5.73 Å². The molecule has 0 aromatic carbocycles. The number of aliphatic carboxylic acids is 1. The molecule has 0 heterocycles. The Morgan fingerprint density at radius 1 is 1.40 bits per heavy atom. The van der Waals surface area contributed by atoms with Crippen LogP contribution in [-0.2, 0) is 14.4 Å². The molecule has 2 amide bonds. The van der Waals surface area contributed by atoms with E-state index in [4.69, 9.17) is 34.2 Å². The highest BCUT2D eigenvalue weighted by molar-refractivity contribution is 6.32. The Kier molecular flexibility index (Phi) is 6.03. The number of amides is 2. The van der Waals surface area contributed by atoms with E-state index in [-0.39, 0.29) is 12.8 Å². The Hall–Kier alpha value is -1.01. The van der Waals surface area contributed by atoms with Gasteiger partial charge >= 0.3 is 5.97 Å². The van der Waals surface area contributed by atoms with Gasteiger partial charge in [-0.1, -0.05) is 0 Å². The van der Waals surface area contributed by atoms with Crippen molar-refractivity contribution in [3.8, 4) is 0 Å². The third-order valence-electron chi connectivity index (χ3n) is 1.58. The minimum absolute atomic E-state index is 0.142. The van der Waals surface area contributed by atoms with Crippen LogP contribution in [0.1, 0.15) is 12.8 Å². The van der Waals surface area contributed by atoms with Crippen LogP contribution in [0.2, 0.25) is 0 Å². The lowest BCUT2D eigenvalue weighted by Gasteiger charge is -2.20. The molecule has 0 radical (unpaired) electrons. The molecule has 0 aliphatic heterocycles. The van der Waals surface area contributed by atoms with Gasteiger partial charge in [0.05, 0.1) is 0 Å². The van der Waals surface area contributed by atoms with Gasteiger partial charge in [-0.05, 0) is 6.42 Å². The van der Waals surface area contributed by atoms with Crippen LogP contribution in [0.25, 0.3) is 0 Å². The summed E-state index contributed by atoms with van der Waals surface area (Å²) >= 11 is 10.6. The third-order valence-corrected chi connectivity index (χ3v) is 2.23. The number of nitrogens with two attached hydrogens (primary N) is 1. The second-order valence-corrected chi connectivity index (χ2v) is 3.33. The number of carboxylic acid groups (broad SMARTS) is 1. The smallest absolute Gasteiger partial charge is 0.327 e. The second-order valence-electron chi connectivity index (χ2n) is 2.70. The Labute approximate surface area is 96.0 Å². The number of halogens is 2. The molecule has 15 heavy (non-hydrogen) atoms. The molecule has 0 bridgehead atoms. The van der Waals surface area contributed by atoms with Gasteiger partial charge in [0.1, 0.15) is 11.9 Å². The van der Waals surface area contributed by atoms with Gasteiger partial charge in [0, 0.05) is 18.2 Å². The summed E-state index contributed by atoms with van der Waals surface area (Å²) in [4.78, 5) is 32.1. The summed E-state index contributed by atoms with van der Waals surface area (Å²) in [5, 5.41) is 8.73. The fourth-order valence-electron chi connectivity index (χ4n) is 0.844. The number of nitrogens with zero attached hydrogens (tertiary/aromatic N) is 1. The maximum atomic E-state index is 11.0. The summed E-state index contributed by atoms with van der Waals surface area (Å²) in [6.45, 7) is 0. The molecule has 0 aliphatic carbocycles. The van der Waals surface area contributed by atoms with Crippen LogP contribution in [0, 0.1) is 0 Å². The number of hydrogen-bond acceptors (Lipinski definition) is 3. The standard InChI is InChI=1S/C7H10Cl2N2O4/c8-3-6(13)11(9)4(7(14)15)1-2-5(10)12/h4H,1-3H2,(H2,10,12)(H,14,15)/t4-/m0/s1. The topological polar surface area (TPSA) is 101 Å². The maximum absolute atomic E-state index is 11.0. The minimum Gasteiger partial charge on any atom is -0.480 e. The third kappa shape index (κ3) is 4.85. The van der Waals surface area contributed by atoms with E-state index in [0.29, 0.717) is 4.42 Å². The zero-order chi connectivity index (χ0) is 12.0. The summed E-state index contributed by atoms with van der Waals surface area (Å²) < 4.78 is 0.471. The highest BCUT2D eigenvalue weighted by atomic mass is 35.5. The quantitative estimate of drug-likeness (QED) is 0.513. The monoisotopic (exact) mass is 256 g/mol. The first kappa shape index (κ1) is 14.0. The van der Waals surface area contributed by atoms with E-state index in [1.54, 1.807) is 0 Å². The van der Waals surface area contributed by atoms with Crippen LogP contribution in [-0.4, -0.2) is 39.2 Å². The van der Waals surface area contributed by atoms with Crippen molar-refractivity contribution >= 4 is 41.2 Å². The largest absolute Gasteiger partial charge is 0.480 e. The molecule has 0 fully saturated rings. The van der Waals surface area contributed by atoms with Gasteiger partial charge in [0.15, 0.2) is 0 Å². The van der Waals surface area contributed by atoms with Gasteiger partial charge in [-0.25, -0.2) is 9.21 Å². The zero-order valence-corrected chi connectivity index (χ0v) is 9.16. The average molecular weight is 257 g/mol. The molecule has 0 aromatic rings. The molecule has 0 unspecified atom stereocenters. The normalized spacial score (nSPS) is 11.9. The fourth-order valence-corrected chi connectivity index (χ4v) is 1.27. The SMILES string of the molecule is NC(=O)CC[C@@H](C(=O)O)N(Cl)C(=O)CCl. The van der Waals surface area contributed by atoms with E-state index in [9.17, 15) is 14.4 Å². The van der Waals surface area contributed by atoms with Crippen molar-refractivity contribution in [2.45, 2.75) is 18.9 Å². The molecule has 0 aromatic heterocycles. The van der Waals surface area contributed by atoms with Crippen LogP contribution >= 0.6 is 23.4 Å². The van der Waals surface area contributed by atoms with Crippen molar-refractivity contribution in [3.63, 3.8) is 0 Å². The van der Waals surface area contributed by atoms with Gasteiger partial charge in [0.25, 0.3) is 5.91 Å². The molecule has 0 spiro atoms. The lowest BCUT2D eigenvalue weighted by molar-refractivity contribution is -0.145. The molecule has 0 rings (SSSR count). The number of primary amides is 1. The number of alkyl halides is 1. The van der Waals surface area contributed by atoms with Crippen molar-refractivity contribution in [2.75, 3.05) is 5.88 Å². The molecule has 6 nitrogen and oxygen atoms in total. The van der Waals surface area contributed by atoms with Gasteiger partial charge < -0.3 is 10.8 Å². The predicted octanol–water partition coefficient (Wildman–Crippen LogP) is -0.0737. The lowest BCUT2D eigenvalue weighted by Crippen LogP contribution is -2.40. The van der Waals surface area contributed by atoms with E-state index in [0.717, 1.165) is 0 Å². The summed E-state index contributed by atoms with van der Waals surface area (Å²) in [6.07, 6.45) is -0.313.